The summed E-state index contributed by atoms with van der Waals surface area (Å²) in [5, 5.41) is 96.8. The Kier molecular flexibility index (Phi) is 12.3. The van der Waals surface area contributed by atoms with Crippen molar-refractivity contribution in [1.29, 1.82) is 0 Å². The van der Waals surface area contributed by atoms with Gasteiger partial charge < -0.3 is 40.9 Å². The van der Waals surface area contributed by atoms with E-state index in [2.05, 4.69) is 27.7 Å². The zero-order valence-electron chi connectivity index (χ0n) is 38.6. The van der Waals surface area contributed by atoms with Crippen LogP contribution in [0.25, 0.3) is 0 Å². The van der Waals surface area contributed by atoms with Gasteiger partial charge in [-0.2, -0.15) is 0 Å². The molecule has 0 fully saturated rings. The summed E-state index contributed by atoms with van der Waals surface area (Å²) in [6, 6.07) is 43.3. The topological polar surface area (TPSA) is 162 Å². The Morgan fingerprint density at radius 2 is 0.382 bits per heavy atom. The normalized spacial score (nSPS) is 16.6. The first-order chi connectivity index (χ1) is 32.8. The Hall–Kier alpha value is -7.84. The van der Waals surface area contributed by atoms with Gasteiger partial charge in [-0.15, -0.1) is 0 Å². The number of aromatic hydroxyl groups is 8. The van der Waals surface area contributed by atoms with E-state index >= 15 is 0 Å². The highest BCUT2D eigenvalue weighted by Gasteiger charge is 2.35. The Bertz CT molecular complexity index is 2610. The molecular weight excluding hydrogens is 849 g/mol. The Balaban J connectivity index is 1.46. The maximum Gasteiger partial charge on any atom is 0.123 e. The number of aryl methyl sites for hydroxylation is 4. The first kappa shape index (κ1) is 45.3. The zero-order valence-corrected chi connectivity index (χ0v) is 38.6. The summed E-state index contributed by atoms with van der Waals surface area (Å²) in [6.45, 7) is 8.21. The zero-order chi connectivity index (χ0) is 48.0. The first-order valence-corrected chi connectivity index (χ1v) is 23.4. The van der Waals surface area contributed by atoms with Crippen LogP contribution in [-0.4, -0.2) is 40.9 Å². The lowest BCUT2D eigenvalue weighted by Gasteiger charge is -2.30. The van der Waals surface area contributed by atoms with E-state index in [-0.39, 0.29) is 46.0 Å². The molecule has 0 saturated heterocycles. The van der Waals surface area contributed by atoms with Crippen molar-refractivity contribution in [2.75, 3.05) is 0 Å². The molecule has 0 radical (unpaired) electrons. The van der Waals surface area contributed by atoms with Gasteiger partial charge in [0.2, 0.25) is 0 Å². The Morgan fingerprint density at radius 3 is 0.515 bits per heavy atom. The van der Waals surface area contributed by atoms with E-state index in [0.717, 1.165) is 47.9 Å². The van der Waals surface area contributed by atoms with Gasteiger partial charge in [-0.1, -0.05) is 125 Å². The van der Waals surface area contributed by atoms with Crippen molar-refractivity contribution >= 4 is 0 Å². The molecule has 8 bridgehead atoms. The number of hydrogen-bond acceptors (Lipinski definition) is 8. The lowest BCUT2D eigenvalue weighted by Crippen LogP contribution is -2.13. The van der Waals surface area contributed by atoms with Gasteiger partial charge in [-0.25, -0.2) is 0 Å². The summed E-state index contributed by atoms with van der Waals surface area (Å²) in [4.78, 5) is 0. The smallest absolute Gasteiger partial charge is 0.123 e. The summed E-state index contributed by atoms with van der Waals surface area (Å²) in [5.74, 6) is -5.68. The molecule has 0 amide bonds. The second-order valence-electron chi connectivity index (χ2n) is 18.0. The first-order valence-electron chi connectivity index (χ1n) is 23.4. The Morgan fingerprint density at radius 1 is 0.235 bits per heavy atom. The summed E-state index contributed by atoms with van der Waals surface area (Å²) in [6.07, 6.45) is 3.08. The number of rotatable bonds is 8. The lowest BCUT2D eigenvalue weighted by molar-refractivity contribution is 0.431. The minimum absolute atomic E-state index is 0.259. The number of phenols is 8. The van der Waals surface area contributed by atoms with Crippen molar-refractivity contribution in [2.45, 2.75) is 77.0 Å². The molecule has 0 spiro atoms. The highest BCUT2D eigenvalue weighted by Crippen LogP contribution is 2.53. The van der Waals surface area contributed by atoms with Crippen LogP contribution >= 0.6 is 0 Å². The number of hydrogen-bond donors (Lipinski definition) is 8. The molecule has 0 atom stereocenters. The van der Waals surface area contributed by atoms with Crippen LogP contribution in [0.5, 0.6) is 46.0 Å². The van der Waals surface area contributed by atoms with Crippen LogP contribution in [0.1, 0.15) is 140 Å². The standard InChI is InChI=1S/C60H56O8/c1-5-33-9-17-37(18-10-33)57-41-25-43(51(63)29-49(41)61)58(38-19-11-34(6-2)12-20-38)45-27-47(55(67)31-53(45)65)60(40-23-15-36(8-4)16-24-40)48-28-46(54(66)32-56(48)68)59(39-21-13-35(7-3)14-22-39)44-26-42(57)50(62)30-52(44)64/h9-32,57-68H,5-8H2,1-4H3. The van der Waals surface area contributed by atoms with E-state index in [4.69, 9.17) is 0 Å². The maximum atomic E-state index is 12.1. The molecule has 0 aromatic heterocycles. The molecule has 0 heterocycles. The molecule has 8 N–H and O–H groups in total. The predicted molar refractivity (Wildman–Crippen MR) is 266 cm³/mol. The van der Waals surface area contributed by atoms with Crippen LogP contribution in [0.3, 0.4) is 0 Å². The average Bonchev–Trinajstić information content (AvgIpc) is 3.34. The van der Waals surface area contributed by atoms with Crippen molar-refractivity contribution in [3.8, 4) is 46.0 Å². The summed E-state index contributed by atoms with van der Waals surface area (Å²) in [7, 11) is 0. The fourth-order valence-electron chi connectivity index (χ4n) is 10.2. The quantitative estimate of drug-likeness (QED) is 0.0747. The van der Waals surface area contributed by atoms with Gasteiger partial charge in [0.1, 0.15) is 46.0 Å². The van der Waals surface area contributed by atoms with Gasteiger partial charge in [-0.05, 0) is 94.5 Å². The third-order valence-corrected chi connectivity index (χ3v) is 14.1. The largest absolute Gasteiger partial charge is 0.507 e. The average molecular weight is 905 g/mol. The van der Waals surface area contributed by atoms with E-state index in [1.165, 1.54) is 24.3 Å². The molecule has 0 aliphatic heterocycles. The van der Waals surface area contributed by atoms with E-state index < -0.39 is 23.7 Å². The van der Waals surface area contributed by atoms with E-state index in [1.807, 2.05) is 97.1 Å². The highest BCUT2D eigenvalue weighted by molar-refractivity contribution is 5.67. The van der Waals surface area contributed by atoms with Crippen LogP contribution in [0.15, 0.2) is 146 Å². The van der Waals surface area contributed by atoms with Gasteiger partial charge >= 0.3 is 0 Å². The number of benzene rings is 8. The minimum atomic E-state index is -0.901. The van der Waals surface area contributed by atoms with Crippen molar-refractivity contribution in [3.05, 3.63) is 235 Å². The predicted octanol–water partition coefficient (Wildman–Crippen LogP) is 12.6. The SMILES string of the molecule is CCc1ccc(C2c3cc(c(O)cc3O)C(c3ccc(CC)cc3)c3cc(c(O)cc3O)C(c3ccc(CC)cc3)c3cc(c(O)cc3O)C(c3ccc(CC)cc3)c3cc2c(O)cc3O)cc1. The molecule has 8 nitrogen and oxygen atoms in total. The third-order valence-electron chi connectivity index (χ3n) is 14.1. The number of phenolic OH excluding ortho intramolecular Hbond substituents is 8. The molecule has 8 aromatic carbocycles. The van der Waals surface area contributed by atoms with Crippen LogP contribution in [0.2, 0.25) is 0 Å². The molecule has 1 aliphatic carbocycles. The molecule has 68 heavy (non-hydrogen) atoms. The Labute approximate surface area is 397 Å². The van der Waals surface area contributed by atoms with Crippen LogP contribution in [0.4, 0.5) is 0 Å². The van der Waals surface area contributed by atoms with Crippen molar-refractivity contribution in [3.63, 3.8) is 0 Å². The van der Waals surface area contributed by atoms with Crippen LogP contribution in [0, 0.1) is 0 Å². The number of fused-ring (bicyclic) bond motifs is 8. The second kappa shape index (κ2) is 18.4. The monoisotopic (exact) mass is 904 g/mol. The summed E-state index contributed by atoms with van der Waals surface area (Å²) >= 11 is 0. The third kappa shape index (κ3) is 8.21. The molecule has 1 aliphatic rings. The van der Waals surface area contributed by atoms with Crippen LogP contribution in [-0.2, 0) is 25.7 Å². The lowest BCUT2D eigenvalue weighted by atomic mass is 9.75. The van der Waals surface area contributed by atoms with Crippen LogP contribution < -0.4 is 0 Å². The van der Waals surface area contributed by atoms with Crippen molar-refractivity contribution in [1.82, 2.24) is 0 Å². The minimum Gasteiger partial charge on any atom is -0.507 e. The van der Waals surface area contributed by atoms with Gasteiger partial charge in [0.05, 0.1) is 0 Å². The fraction of sp³-hybridized carbons (Fsp3) is 0.200. The van der Waals surface area contributed by atoms with Crippen molar-refractivity contribution in [2.24, 2.45) is 0 Å². The van der Waals surface area contributed by atoms with Gasteiger partial charge in [0.15, 0.2) is 0 Å². The van der Waals surface area contributed by atoms with E-state index in [0.29, 0.717) is 66.8 Å². The molecule has 8 aromatic rings. The highest BCUT2D eigenvalue weighted by atomic mass is 16.3. The molecular formula is C60H56O8. The van der Waals surface area contributed by atoms with Gasteiger partial charge in [0.25, 0.3) is 0 Å². The molecule has 0 saturated carbocycles. The second-order valence-corrected chi connectivity index (χ2v) is 18.0. The maximum absolute atomic E-state index is 12.1. The molecule has 0 unspecified atom stereocenters. The van der Waals surface area contributed by atoms with E-state index in [1.54, 1.807) is 24.3 Å². The van der Waals surface area contributed by atoms with Crippen molar-refractivity contribution < 1.29 is 40.9 Å². The van der Waals surface area contributed by atoms with Gasteiger partial charge in [-0.3, -0.25) is 0 Å². The molecule has 344 valence electrons. The summed E-state index contributed by atoms with van der Waals surface area (Å²) < 4.78 is 0. The molecule has 9 rings (SSSR count). The molecule has 8 heteroatoms. The van der Waals surface area contributed by atoms with Gasteiger partial charge in [0, 0.05) is 92.4 Å². The van der Waals surface area contributed by atoms with E-state index in [9.17, 15) is 40.9 Å². The fourth-order valence-corrected chi connectivity index (χ4v) is 10.2. The summed E-state index contributed by atoms with van der Waals surface area (Å²) in [5.41, 5.74) is 9.60.